The van der Waals surface area contributed by atoms with E-state index < -0.39 is 12.0 Å². The first-order chi connectivity index (χ1) is 12.5. The fourth-order valence-electron chi connectivity index (χ4n) is 3.18. The number of amides is 2. The molecule has 0 spiro atoms. The van der Waals surface area contributed by atoms with Crippen molar-refractivity contribution in [2.75, 3.05) is 13.4 Å². The highest BCUT2D eigenvalue weighted by atomic mass is 16.7. The van der Waals surface area contributed by atoms with Crippen LogP contribution in [0.25, 0.3) is 0 Å². The predicted octanol–water partition coefficient (Wildman–Crippen LogP) is 3.02. The Morgan fingerprint density at radius 3 is 2.88 bits per heavy atom. The Morgan fingerprint density at radius 2 is 2.12 bits per heavy atom. The summed E-state index contributed by atoms with van der Waals surface area (Å²) in [6, 6.07) is 4.39. The molecule has 2 aliphatic heterocycles. The zero-order chi connectivity index (χ0) is 18.7. The standard InChI is InChI=1S/C19H24N2O5/c1-4-5-11(2)9-24-18(22)16-12(3)20-19(23)21-17(16)13-6-7-14-15(8-13)26-10-25-14/h6-8,11,17H,4-5,9-10H2,1-3H3,(H2,20,21,23)/t11-,17-/m0/s1. The van der Waals surface area contributed by atoms with Gasteiger partial charge in [-0.2, -0.15) is 0 Å². The molecule has 3 rings (SSSR count). The van der Waals surface area contributed by atoms with Crippen LogP contribution in [0.5, 0.6) is 11.5 Å². The van der Waals surface area contributed by atoms with E-state index in [0.29, 0.717) is 35.3 Å². The van der Waals surface area contributed by atoms with Crippen LogP contribution in [0, 0.1) is 5.92 Å². The van der Waals surface area contributed by atoms with Gasteiger partial charge in [-0.25, -0.2) is 9.59 Å². The van der Waals surface area contributed by atoms with Crippen molar-refractivity contribution in [2.24, 2.45) is 5.92 Å². The molecule has 0 unspecified atom stereocenters. The molecule has 2 atom stereocenters. The van der Waals surface area contributed by atoms with E-state index in [0.717, 1.165) is 18.4 Å². The molecule has 7 nitrogen and oxygen atoms in total. The lowest BCUT2D eigenvalue weighted by molar-refractivity contribution is -0.140. The molecular formula is C19H24N2O5. The van der Waals surface area contributed by atoms with Crippen molar-refractivity contribution in [3.05, 3.63) is 35.0 Å². The molecule has 1 aromatic rings. The van der Waals surface area contributed by atoms with Crippen LogP contribution >= 0.6 is 0 Å². The first-order valence-electron chi connectivity index (χ1n) is 8.84. The smallest absolute Gasteiger partial charge is 0.338 e. The summed E-state index contributed by atoms with van der Waals surface area (Å²) in [4.78, 5) is 24.7. The Balaban J connectivity index is 1.84. The van der Waals surface area contributed by atoms with Crippen molar-refractivity contribution in [2.45, 2.75) is 39.7 Å². The van der Waals surface area contributed by atoms with Gasteiger partial charge in [0.15, 0.2) is 11.5 Å². The summed E-state index contributed by atoms with van der Waals surface area (Å²) in [7, 11) is 0. The number of hydrogen-bond acceptors (Lipinski definition) is 5. The van der Waals surface area contributed by atoms with E-state index in [1.165, 1.54) is 0 Å². The number of nitrogens with one attached hydrogen (secondary N) is 2. The molecule has 2 amide bonds. The Hall–Kier alpha value is -2.70. The van der Waals surface area contributed by atoms with Crippen LogP contribution < -0.4 is 20.1 Å². The topological polar surface area (TPSA) is 85.9 Å². The van der Waals surface area contributed by atoms with Crippen LogP contribution in [-0.4, -0.2) is 25.4 Å². The number of fused-ring (bicyclic) bond motifs is 1. The Labute approximate surface area is 152 Å². The number of hydrogen-bond donors (Lipinski definition) is 2. The number of urea groups is 1. The van der Waals surface area contributed by atoms with E-state index in [-0.39, 0.29) is 12.8 Å². The summed E-state index contributed by atoms with van der Waals surface area (Å²) < 4.78 is 16.2. The summed E-state index contributed by atoms with van der Waals surface area (Å²) in [6.45, 7) is 6.36. The minimum absolute atomic E-state index is 0.163. The van der Waals surface area contributed by atoms with E-state index in [9.17, 15) is 9.59 Å². The van der Waals surface area contributed by atoms with Crippen molar-refractivity contribution >= 4 is 12.0 Å². The molecule has 2 heterocycles. The van der Waals surface area contributed by atoms with Gasteiger partial charge in [0.1, 0.15) is 0 Å². The van der Waals surface area contributed by atoms with Crippen molar-refractivity contribution in [3.8, 4) is 11.5 Å². The van der Waals surface area contributed by atoms with Gasteiger partial charge in [-0.05, 0) is 37.0 Å². The van der Waals surface area contributed by atoms with Crippen molar-refractivity contribution in [1.29, 1.82) is 0 Å². The van der Waals surface area contributed by atoms with E-state index in [2.05, 4.69) is 17.6 Å². The Bertz CT molecular complexity index is 743. The van der Waals surface area contributed by atoms with E-state index >= 15 is 0 Å². The second-order valence-corrected chi connectivity index (χ2v) is 6.68. The lowest BCUT2D eigenvalue weighted by atomic mass is 9.95. The SMILES string of the molecule is CCC[C@H](C)COC(=O)C1=C(C)NC(=O)N[C@H]1c1ccc2c(c1)OCO2. The van der Waals surface area contributed by atoms with Crippen molar-refractivity contribution in [3.63, 3.8) is 0 Å². The number of allylic oxidation sites excluding steroid dienone is 1. The minimum atomic E-state index is -0.604. The van der Waals surface area contributed by atoms with Crippen LogP contribution in [0.2, 0.25) is 0 Å². The molecule has 0 bridgehead atoms. The maximum Gasteiger partial charge on any atom is 0.338 e. The van der Waals surface area contributed by atoms with Gasteiger partial charge in [0.05, 0.1) is 18.2 Å². The third-order valence-corrected chi connectivity index (χ3v) is 4.50. The molecular weight excluding hydrogens is 336 g/mol. The summed E-state index contributed by atoms with van der Waals surface area (Å²) in [5, 5.41) is 5.44. The molecule has 0 fully saturated rings. The van der Waals surface area contributed by atoms with Gasteiger partial charge >= 0.3 is 12.0 Å². The average Bonchev–Trinajstić information content (AvgIpc) is 3.07. The molecule has 0 saturated carbocycles. The van der Waals surface area contributed by atoms with Crippen LogP contribution in [-0.2, 0) is 9.53 Å². The van der Waals surface area contributed by atoms with Crippen LogP contribution in [0.15, 0.2) is 29.5 Å². The molecule has 7 heteroatoms. The molecule has 0 radical (unpaired) electrons. The van der Waals surface area contributed by atoms with E-state index in [4.69, 9.17) is 14.2 Å². The zero-order valence-electron chi connectivity index (χ0n) is 15.3. The number of rotatable bonds is 6. The zero-order valence-corrected chi connectivity index (χ0v) is 15.3. The second-order valence-electron chi connectivity index (χ2n) is 6.68. The normalized spacial score (nSPS) is 19.7. The van der Waals surface area contributed by atoms with Gasteiger partial charge in [0.25, 0.3) is 0 Å². The number of carbonyl (C=O) groups is 2. The van der Waals surface area contributed by atoms with Gasteiger partial charge in [-0.1, -0.05) is 26.3 Å². The van der Waals surface area contributed by atoms with Gasteiger partial charge in [0, 0.05) is 5.70 Å². The van der Waals surface area contributed by atoms with Crippen LogP contribution in [0.3, 0.4) is 0 Å². The largest absolute Gasteiger partial charge is 0.462 e. The second kappa shape index (κ2) is 7.68. The summed E-state index contributed by atoms with van der Waals surface area (Å²) in [5.74, 6) is 1.10. The fraction of sp³-hybridized carbons (Fsp3) is 0.474. The number of ether oxygens (including phenoxy) is 3. The van der Waals surface area contributed by atoms with Gasteiger partial charge in [-0.3, -0.25) is 0 Å². The maximum absolute atomic E-state index is 12.7. The van der Waals surface area contributed by atoms with E-state index in [1.807, 2.05) is 13.0 Å². The molecule has 2 aliphatic rings. The Kier molecular flexibility index (Phi) is 5.35. The van der Waals surface area contributed by atoms with Gasteiger partial charge in [-0.15, -0.1) is 0 Å². The quantitative estimate of drug-likeness (QED) is 0.762. The van der Waals surface area contributed by atoms with Crippen molar-refractivity contribution < 1.29 is 23.8 Å². The molecule has 1 aromatic carbocycles. The first-order valence-corrected chi connectivity index (χ1v) is 8.84. The lowest BCUT2D eigenvalue weighted by Crippen LogP contribution is -2.45. The third kappa shape index (κ3) is 3.76. The minimum Gasteiger partial charge on any atom is -0.462 e. The van der Waals surface area contributed by atoms with Crippen LogP contribution in [0.4, 0.5) is 4.79 Å². The monoisotopic (exact) mass is 360 g/mol. The summed E-state index contributed by atoms with van der Waals surface area (Å²) in [5.41, 5.74) is 1.62. The molecule has 140 valence electrons. The first kappa shape index (κ1) is 18.1. The highest BCUT2D eigenvalue weighted by molar-refractivity contribution is 5.95. The summed E-state index contributed by atoms with van der Waals surface area (Å²) in [6.07, 6.45) is 2.03. The fourth-order valence-corrected chi connectivity index (χ4v) is 3.18. The number of esters is 1. The molecule has 0 aliphatic carbocycles. The highest BCUT2D eigenvalue weighted by Gasteiger charge is 2.33. The molecule has 0 saturated heterocycles. The Morgan fingerprint density at radius 1 is 1.35 bits per heavy atom. The number of carbonyl (C=O) groups excluding carboxylic acids is 2. The molecule has 0 aromatic heterocycles. The van der Waals surface area contributed by atoms with E-state index in [1.54, 1.807) is 19.1 Å². The van der Waals surface area contributed by atoms with Gasteiger partial charge in [0.2, 0.25) is 6.79 Å². The van der Waals surface area contributed by atoms with Crippen LogP contribution in [0.1, 0.15) is 45.2 Å². The third-order valence-electron chi connectivity index (χ3n) is 4.50. The number of benzene rings is 1. The highest BCUT2D eigenvalue weighted by Crippen LogP contribution is 2.37. The summed E-state index contributed by atoms with van der Waals surface area (Å²) >= 11 is 0. The van der Waals surface area contributed by atoms with Gasteiger partial charge < -0.3 is 24.8 Å². The lowest BCUT2D eigenvalue weighted by Gasteiger charge is -2.28. The molecule has 26 heavy (non-hydrogen) atoms. The predicted molar refractivity (Wildman–Crippen MR) is 94.7 cm³/mol. The van der Waals surface area contributed by atoms with Crippen molar-refractivity contribution in [1.82, 2.24) is 10.6 Å². The average molecular weight is 360 g/mol. The molecule has 2 N–H and O–H groups in total. The maximum atomic E-state index is 12.7.